The minimum atomic E-state index is -0.889. The number of nitrogens with one attached hydrogen (secondary N) is 2. The molecule has 0 aromatic carbocycles. The number of aromatic nitrogens is 1. The third kappa shape index (κ3) is 6.51. The van der Waals surface area contributed by atoms with E-state index in [0.717, 1.165) is 5.69 Å². The number of urea groups is 1. The molecule has 0 saturated heterocycles. The van der Waals surface area contributed by atoms with Crippen molar-refractivity contribution in [3.05, 3.63) is 16.6 Å². The second kappa shape index (κ2) is 7.23. The lowest BCUT2D eigenvalue weighted by Gasteiger charge is -2.23. The van der Waals surface area contributed by atoms with E-state index < -0.39 is 11.9 Å². The molecule has 0 bridgehead atoms. The zero-order valence-electron chi connectivity index (χ0n) is 12.0. The first kappa shape index (κ1) is 16.4. The number of amides is 2. The van der Waals surface area contributed by atoms with E-state index in [9.17, 15) is 9.59 Å². The molecule has 0 radical (unpaired) electrons. The van der Waals surface area contributed by atoms with Gasteiger partial charge in [0.05, 0.1) is 23.7 Å². The van der Waals surface area contributed by atoms with Crippen LogP contribution in [0.25, 0.3) is 0 Å². The fourth-order valence-corrected chi connectivity index (χ4v) is 2.32. The predicted molar refractivity (Wildman–Crippen MR) is 77.6 cm³/mol. The molecule has 1 aromatic heterocycles. The number of thiazole rings is 1. The molecule has 20 heavy (non-hydrogen) atoms. The fourth-order valence-electron chi connectivity index (χ4n) is 1.76. The van der Waals surface area contributed by atoms with E-state index in [-0.39, 0.29) is 18.0 Å². The molecule has 1 aromatic rings. The van der Waals surface area contributed by atoms with E-state index in [1.165, 1.54) is 11.3 Å². The van der Waals surface area contributed by atoms with E-state index in [2.05, 4.69) is 15.6 Å². The maximum absolute atomic E-state index is 11.6. The Bertz CT molecular complexity index is 440. The molecule has 112 valence electrons. The van der Waals surface area contributed by atoms with Crippen LogP contribution in [0.4, 0.5) is 4.79 Å². The minimum absolute atomic E-state index is 0.0954. The van der Waals surface area contributed by atoms with Gasteiger partial charge >= 0.3 is 12.0 Å². The summed E-state index contributed by atoms with van der Waals surface area (Å²) in [5, 5.41) is 16.2. The van der Waals surface area contributed by atoms with Gasteiger partial charge in [0.2, 0.25) is 0 Å². The molecule has 1 heterocycles. The van der Waals surface area contributed by atoms with Gasteiger partial charge in [-0.05, 0) is 11.8 Å². The predicted octanol–water partition coefficient (Wildman–Crippen LogP) is 2.08. The Kier molecular flexibility index (Phi) is 5.94. The monoisotopic (exact) mass is 299 g/mol. The number of carboxylic acid groups (broad SMARTS) is 1. The molecule has 0 spiro atoms. The molecule has 7 heteroatoms. The van der Waals surface area contributed by atoms with Crippen molar-refractivity contribution in [3.8, 4) is 0 Å². The van der Waals surface area contributed by atoms with Crippen LogP contribution in [0.1, 0.15) is 32.9 Å². The first-order valence-electron chi connectivity index (χ1n) is 6.39. The van der Waals surface area contributed by atoms with Crippen LogP contribution < -0.4 is 10.6 Å². The number of carbonyl (C=O) groups excluding carboxylic acids is 1. The summed E-state index contributed by atoms with van der Waals surface area (Å²) in [6.45, 7) is 6.39. The van der Waals surface area contributed by atoms with Gasteiger partial charge in [-0.1, -0.05) is 20.8 Å². The molecule has 0 aliphatic heterocycles. The number of hydrogen-bond donors (Lipinski definition) is 3. The summed E-state index contributed by atoms with van der Waals surface area (Å²) in [6, 6.07) is -0.377. The van der Waals surface area contributed by atoms with E-state index in [4.69, 9.17) is 5.11 Å². The highest BCUT2D eigenvalue weighted by Gasteiger charge is 2.24. The highest BCUT2D eigenvalue weighted by atomic mass is 32.1. The lowest BCUT2D eigenvalue weighted by molar-refractivity contribution is -0.142. The number of nitrogens with zero attached hydrogens (tertiary/aromatic N) is 1. The summed E-state index contributed by atoms with van der Waals surface area (Å²) in [5.74, 6) is -1.47. The standard InChI is InChI=1S/C13H21N3O3S/c1-13(2,3)4-9(11(17)18)5-14-12(19)15-6-10-7-20-8-16-10/h7-9H,4-6H2,1-3H3,(H,17,18)(H2,14,15,19). The van der Waals surface area contributed by atoms with Gasteiger partial charge in [-0.3, -0.25) is 4.79 Å². The maximum atomic E-state index is 11.6. The summed E-state index contributed by atoms with van der Waals surface area (Å²) in [5.41, 5.74) is 2.38. The molecule has 0 fully saturated rings. The molecule has 0 aliphatic carbocycles. The fraction of sp³-hybridized carbons (Fsp3) is 0.615. The van der Waals surface area contributed by atoms with Crippen LogP contribution in [0.5, 0.6) is 0 Å². The van der Waals surface area contributed by atoms with Crippen LogP contribution in [0.3, 0.4) is 0 Å². The minimum Gasteiger partial charge on any atom is -0.481 e. The number of hydrogen-bond acceptors (Lipinski definition) is 4. The lowest BCUT2D eigenvalue weighted by atomic mass is 9.84. The van der Waals surface area contributed by atoms with Crippen molar-refractivity contribution < 1.29 is 14.7 Å². The Hall–Kier alpha value is -1.63. The first-order valence-corrected chi connectivity index (χ1v) is 7.34. The largest absolute Gasteiger partial charge is 0.481 e. The van der Waals surface area contributed by atoms with E-state index in [1.54, 1.807) is 5.51 Å². The third-order valence-corrected chi connectivity index (χ3v) is 3.27. The molecular weight excluding hydrogens is 278 g/mol. The van der Waals surface area contributed by atoms with Crippen LogP contribution in [0, 0.1) is 11.3 Å². The third-order valence-electron chi connectivity index (χ3n) is 2.63. The van der Waals surface area contributed by atoms with Crippen molar-refractivity contribution in [3.63, 3.8) is 0 Å². The first-order chi connectivity index (χ1) is 9.28. The van der Waals surface area contributed by atoms with Crippen LogP contribution in [0.15, 0.2) is 10.9 Å². The number of carbonyl (C=O) groups is 2. The van der Waals surface area contributed by atoms with Crippen molar-refractivity contribution in [1.29, 1.82) is 0 Å². The van der Waals surface area contributed by atoms with Crippen molar-refractivity contribution in [2.24, 2.45) is 11.3 Å². The van der Waals surface area contributed by atoms with Crippen molar-refractivity contribution in [2.45, 2.75) is 33.7 Å². The second-order valence-electron chi connectivity index (χ2n) is 5.84. The average molecular weight is 299 g/mol. The number of aliphatic carboxylic acids is 1. The molecule has 0 saturated carbocycles. The Morgan fingerprint density at radius 1 is 1.40 bits per heavy atom. The smallest absolute Gasteiger partial charge is 0.315 e. The summed E-state index contributed by atoms with van der Waals surface area (Å²) in [6.07, 6.45) is 0.509. The van der Waals surface area contributed by atoms with E-state index in [0.29, 0.717) is 13.0 Å². The molecule has 1 rings (SSSR count). The Morgan fingerprint density at radius 3 is 2.60 bits per heavy atom. The Morgan fingerprint density at radius 2 is 2.10 bits per heavy atom. The lowest BCUT2D eigenvalue weighted by Crippen LogP contribution is -2.40. The van der Waals surface area contributed by atoms with Gasteiger partial charge in [0.15, 0.2) is 0 Å². The van der Waals surface area contributed by atoms with Gasteiger partial charge in [0.25, 0.3) is 0 Å². The molecule has 1 atom stereocenters. The Labute approximate surface area is 122 Å². The van der Waals surface area contributed by atoms with Crippen LogP contribution >= 0.6 is 11.3 Å². The van der Waals surface area contributed by atoms with Crippen molar-refractivity contribution in [1.82, 2.24) is 15.6 Å². The van der Waals surface area contributed by atoms with Gasteiger partial charge < -0.3 is 15.7 Å². The van der Waals surface area contributed by atoms with Gasteiger partial charge in [-0.25, -0.2) is 9.78 Å². The van der Waals surface area contributed by atoms with Crippen molar-refractivity contribution >= 4 is 23.3 Å². The van der Waals surface area contributed by atoms with Gasteiger partial charge in [0, 0.05) is 11.9 Å². The zero-order valence-corrected chi connectivity index (χ0v) is 12.8. The highest BCUT2D eigenvalue weighted by molar-refractivity contribution is 7.07. The number of rotatable bonds is 6. The van der Waals surface area contributed by atoms with E-state index >= 15 is 0 Å². The SMILES string of the molecule is CC(C)(C)CC(CNC(=O)NCc1cscn1)C(=O)O. The molecule has 0 aliphatic rings. The van der Waals surface area contributed by atoms with Gasteiger partial charge in [0.1, 0.15) is 0 Å². The van der Waals surface area contributed by atoms with Gasteiger partial charge in [-0.15, -0.1) is 11.3 Å². The highest BCUT2D eigenvalue weighted by Crippen LogP contribution is 2.24. The quantitative estimate of drug-likeness (QED) is 0.750. The summed E-state index contributed by atoms with van der Waals surface area (Å²) < 4.78 is 0. The normalized spacial score (nSPS) is 12.8. The zero-order chi connectivity index (χ0) is 15.2. The maximum Gasteiger partial charge on any atom is 0.315 e. The molecule has 6 nitrogen and oxygen atoms in total. The second-order valence-corrected chi connectivity index (χ2v) is 6.56. The summed E-state index contributed by atoms with van der Waals surface area (Å²) in [4.78, 5) is 26.8. The van der Waals surface area contributed by atoms with Crippen LogP contribution in [0.2, 0.25) is 0 Å². The molecule has 1 unspecified atom stereocenters. The summed E-state index contributed by atoms with van der Waals surface area (Å²) >= 11 is 1.46. The molecule has 2 amide bonds. The topological polar surface area (TPSA) is 91.3 Å². The van der Waals surface area contributed by atoms with Crippen molar-refractivity contribution in [2.75, 3.05) is 6.54 Å². The Balaban J connectivity index is 2.35. The summed E-state index contributed by atoms with van der Waals surface area (Å²) in [7, 11) is 0. The average Bonchev–Trinajstić information content (AvgIpc) is 2.83. The molecular formula is C13H21N3O3S. The van der Waals surface area contributed by atoms with Crippen LogP contribution in [-0.4, -0.2) is 28.6 Å². The van der Waals surface area contributed by atoms with Crippen LogP contribution in [-0.2, 0) is 11.3 Å². The number of carboxylic acids is 1. The van der Waals surface area contributed by atoms with E-state index in [1.807, 2.05) is 26.2 Å². The van der Waals surface area contributed by atoms with Gasteiger partial charge in [-0.2, -0.15) is 0 Å². The molecule has 3 N–H and O–H groups in total.